The van der Waals surface area contributed by atoms with Gasteiger partial charge in [0.1, 0.15) is 4.34 Å². The first kappa shape index (κ1) is 9.84. The molecule has 0 saturated carbocycles. The second-order valence-electron chi connectivity index (χ2n) is 2.10. The van der Waals surface area contributed by atoms with Gasteiger partial charge in [0, 0.05) is 6.54 Å². The normalized spacial score (nSPS) is 9.92. The molecule has 5 heteroatoms. The van der Waals surface area contributed by atoms with E-state index < -0.39 is 0 Å². The maximum Gasteiger partial charge on any atom is 0.253 e. The van der Waals surface area contributed by atoms with E-state index in [4.69, 9.17) is 23.2 Å². The fourth-order valence-electron chi connectivity index (χ4n) is 0.751. The monoisotopic (exact) mass is 223 g/mol. The van der Waals surface area contributed by atoms with Crippen LogP contribution in [0.25, 0.3) is 0 Å². The van der Waals surface area contributed by atoms with Crippen LogP contribution in [0, 0.1) is 0 Å². The van der Waals surface area contributed by atoms with Gasteiger partial charge in [-0.2, -0.15) is 0 Å². The van der Waals surface area contributed by atoms with Crippen molar-refractivity contribution in [3.63, 3.8) is 0 Å². The van der Waals surface area contributed by atoms with Gasteiger partial charge in [-0.05, 0) is 13.0 Å². The zero-order valence-corrected chi connectivity index (χ0v) is 8.69. The van der Waals surface area contributed by atoms with E-state index in [-0.39, 0.29) is 5.91 Å². The van der Waals surface area contributed by atoms with Gasteiger partial charge in [-0.1, -0.05) is 23.2 Å². The zero-order chi connectivity index (χ0) is 9.14. The average molecular weight is 224 g/mol. The van der Waals surface area contributed by atoms with E-state index in [1.54, 1.807) is 6.07 Å². The number of hydrogen-bond acceptors (Lipinski definition) is 2. The van der Waals surface area contributed by atoms with Crippen molar-refractivity contribution < 1.29 is 4.79 Å². The minimum atomic E-state index is -0.175. The van der Waals surface area contributed by atoms with Gasteiger partial charge in [-0.3, -0.25) is 4.79 Å². The molecule has 0 atom stereocenters. The number of halogens is 2. The maximum absolute atomic E-state index is 11.2. The number of rotatable bonds is 2. The summed E-state index contributed by atoms with van der Waals surface area (Å²) < 4.78 is 0.965. The molecule has 0 aliphatic heterocycles. The zero-order valence-electron chi connectivity index (χ0n) is 6.36. The van der Waals surface area contributed by atoms with Crippen LogP contribution in [-0.4, -0.2) is 12.5 Å². The van der Waals surface area contributed by atoms with Gasteiger partial charge in [0.05, 0.1) is 9.90 Å². The third kappa shape index (κ3) is 2.12. The SMILES string of the molecule is CCNC(=O)c1cc(Cl)sc1Cl. The highest BCUT2D eigenvalue weighted by atomic mass is 35.5. The fraction of sp³-hybridized carbons (Fsp3) is 0.286. The summed E-state index contributed by atoms with van der Waals surface area (Å²) in [4.78, 5) is 11.2. The third-order valence-electron chi connectivity index (χ3n) is 1.24. The summed E-state index contributed by atoms with van der Waals surface area (Å²) in [5, 5.41) is 2.64. The van der Waals surface area contributed by atoms with Crippen LogP contribution in [0.2, 0.25) is 8.67 Å². The summed E-state index contributed by atoms with van der Waals surface area (Å²) in [6, 6.07) is 1.57. The van der Waals surface area contributed by atoms with Gasteiger partial charge < -0.3 is 5.32 Å². The molecule has 0 bridgehead atoms. The molecule has 0 aliphatic rings. The van der Waals surface area contributed by atoms with Crippen LogP contribution in [0.3, 0.4) is 0 Å². The van der Waals surface area contributed by atoms with Gasteiger partial charge in [0.25, 0.3) is 5.91 Å². The second kappa shape index (κ2) is 4.12. The lowest BCUT2D eigenvalue weighted by Gasteiger charge is -1.98. The quantitative estimate of drug-likeness (QED) is 0.822. The van der Waals surface area contributed by atoms with Crippen LogP contribution in [0.4, 0.5) is 0 Å². The summed E-state index contributed by atoms with van der Waals surface area (Å²) in [6.07, 6.45) is 0. The molecule has 0 unspecified atom stereocenters. The molecule has 2 nitrogen and oxygen atoms in total. The average Bonchev–Trinajstić information content (AvgIpc) is 2.30. The van der Waals surface area contributed by atoms with Crippen molar-refractivity contribution in [3.8, 4) is 0 Å². The highest BCUT2D eigenvalue weighted by molar-refractivity contribution is 7.20. The minimum Gasteiger partial charge on any atom is -0.352 e. The standard InChI is InChI=1S/C7H7Cl2NOS/c1-2-10-7(11)4-3-5(8)12-6(4)9/h3H,2H2,1H3,(H,10,11). The lowest BCUT2D eigenvalue weighted by atomic mass is 10.3. The molecule has 12 heavy (non-hydrogen) atoms. The Morgan fingerprint density at radius 3 is 2.75 bits per heavy atom. The summed E-state index contributed by atoms with van der Waals surface area (Å²) in [5.41, 5.74) is 0.452. The van der Waals surface area contributed by atoms with E-state index in [9.17, 15) is 4.79 Å². The van der Waals surface area contributed by atoms with Crippen LogP contribution < -0.4 is 5.32 Å². The maximum atomic E-state index is 11.2. The molecule has 1 N–H and O–H groups in total. The predicted molar refractivity (Wildman–Crippen MR) is 52.3 cm³/mol. The first-order chi connectivity index (χ1) is 5.65. The largest absolute Gasteiger partial charge is 0.352 e. The van der Waals surface area contributed by atoms with Crippen LogP contribution in [0.5, 0.6) is 0 Å². The Bertz CT molecular complexity index is 298. The number of carbonyl (C=O) groups is 1. The molecular weight excluding hydrogens is 217 g/mol. The Hall–Kier alpha value is -0.250. The van der Waals surface area contributed by atoms with E-state index in [2.05, 4.69) is 5.32 Å². The topological polar surface area (TPSA) is 29.1 Å². The molecule has 66 valence electrons. The highest BCUT2D eigenvalue weighted by Gasteiger charge is 2.12. The third-order valence-corrected chi connectivity index (χ3v) is 2.73. The molecule has 0 aliphatic carbocycles. The molecule has 0 fully saturated rings. The van der Waals surface area contributed by atoms with Crippen molar-refractivity contribution >= 4 is 40.4 Å². The van der Waals surface area contributed by atoms with Gasteiger partial charge in [-0.25, -0.2) is 0 Å². The van der Waals surface area contributed by atoms with Gasteiger partial charge in [-0.15, -0.1) is 11.3 Å². The number of hydrogen-bond donors (Lipinski definition) is 1. The highest BCUT2D eigenvalue weighted by Crippen LogP contribution is 2.30. The number of nitrogens with one attached hydrogen (secondary N) is 1. The van der Waals surface area contributed by atoms with Gasteiger partial charge in [0.15, 0.2) is 0 Å². The molecule has 1 aromatic rings. The molecule has 0 spiro atoms. The Morgan fingerprint density at radius 1 is 1.67 bits per heavy atom. The summed E-state index contributed by atoms with van der Waals surface area (Å²) in [6.45, 7) is 2.43. The van der Waals surface area contributed by atoms with E-state index in [0.29, 0.717) is 20.8 Å². The number of thiophene rings is 1. The summed E-state index contributed by atoms with van der Waals surface area (Å²) in [5.74, 6) is -0.175. The molecule has 1 heterocycles. The van der Waals surface area contributed by atoms with Crippen LogP contribution in [0.15, 0.2) is 6.07 Å². The van der Waals surface area contributed by atoms with Crippen molar-refractivity contribution in [2.24, 2.45) is 0 Å². The lowest BCUT2D eigenvalue weighted by molar-refractivity contribution is 0.0956. The van der Waals surface area contributed by atoms with Crippen molar-refractivity contribution in [2.75, 3.05) is 6.54 Å². The molecular formula is C7H7Cl2NOS. The van der Waals surface area contributed by atoms with Crippen LogP contribution >= 0.6 is 34.5 Å². The van der Waals surface area contributed by atoms with Crippen LogP contribution in [0.1, 0.15) is 17.3 Å². The lowest BCUT2D eigenvalue weighted by Crippen LogP contribution is -2.22. The molecule has 0 saturated heterocycles. The minimum absolute atomic E-state index is 0.175. The summed E-state index contributed by atoms with van der Waals surface area (Å²) >= 11 is 12.6. The molecule has 0 radical (unpaired) electrons. The molecule has 1 aromatic heterocycles. The van der Waals surface area contributed by atoms with Crippen molar-refractivity contribution in [2.45, 2.75) is 6.92 Å². The van der Waals surface area contributed by atoms with Crippen molar-refractivity contribution in [1.29, 1.82) is 0 Å². The number of amides is 1. The van der Waals surface area contributed by atoms with Crippen molar-refractivity contribution in [3.05, 3.63) is 20.3 Å². The fourth-order valence-corrected chi connectivity index (χ4v) is 2.21. The van der Waals surface area contributed by atoms with Gasteiger partial charge in [0.2, 0.25) is 0 Å². The molecule has 1 amide bonds. The Morgan fingerprint density at radius 2 is 2.33 bits per heavy atom. The van der Waals surface area contributed by atoms with Crippen molar-refractivity contribution in [1.82, 2.24) is 5.32 Å². The smallest absolute Gasteiger partial charge is 0.253 e. The van der Waals surface area contributed by atoms with E-state index in [0.717, 1.165) is 0 Å². The molecule has 0 aromatic carbocycles. The first-order valence-electron chi connectivity index (χ1n) is 3.38. The number of carbonyl (C=O) groups excluding carboxylic acids is 1. The predicted octanol–water partition coefficient (Wildman–Crippen LogP) is 2.80. The van der Waals surface area contributed by atoms with E-state index >= 15 is 0 Å². The molecule has 1 rings (SSSR count). The Labute approximate surface area is 84.5 Å². The second-order valence-corrected chi connectivity index (χ2v) is 4.38. The van der Waals surface area contributed by atoms with E-state index in [1.807, 2.05) is 6.92 Å². The Kier molecular flexibility index (Phi) is 3.38. The van der Waals surface area contributed by atoms with Gasteiger partial charge >= 0.3 is 0 Å². The van der Waals surface area contributed by atoms with Crippen LogP contribution in [-0.2, 0) is 0 Å². The Balaban J connectivity index is 2.87. The first-order valence-corrected chi connectivity index (χ1v) is 4.95. The summed E-state index contributed by atoms with van der Waals surface area (Å²) in [7, 11) is 0. The van der Waals surface area contributed by atoms with E-state index in [1.165, 1.54) is 11.3 Å².